The minimum atomic E-state index is -1.94. The van der Waals surface area contributed by atoms with Gasteiger partial charge >= 0.3 is 0 Å². The number of H-pyrrole nitrogens is 2. The Balaban J connectivity index is 3.16. The molecule has 1 aromatic rings. The Hall–Kier alpha value is -1.93. The molecule has 8 nitrogen and oxygen atoms in total. The Kier molecular flexibility index (Phi) is 3.02. The molecule has 0 saturated heterocycles. The van der Waals surface area contributed by atoms with Gasteiger partial charge in [0.2, 0.25) is 5.91 Å². The molecule has 0 aliphatic rings. The Bertz CT molecular complexity index is 476. The van der Waals surface area contributed by atoms with Crippen LogP contribution in [0.4, 0.5) is 0 Å². The normalized spacial score (nSPS) is 14.5. The molecule has 0 spiro atoms. The van der Waals surface area contributed by atoms with Gasteiger partial charge in [0, 0.05) is 6.07 Å². The number of carbonyl (C=O) groups is 1. The van der Waals surface area contributed by atoms with E-state index in [1.165, 1.54) is 0 Å². The first-order valence-corrected chi connectivity index (χ1v) is 3.91. The summed E-state index contributed by atoms with van der Waals surface area (Å²) < 4.78 is 0. The summed E-state index contributed by atoms with van der Waals surface area (Å²) in [5.74, 6) is -1.19. The maximum absolute atomic E-state index is 11.1. The van der Waals surface area contributed by atoms with Gasteiger partial charge in [0.25, 0.3) is 11.1 Å². The second kappa shape index (κ2) is 4.07. The molecule has 1 rings (SSSR count). The fraction of sp³-hybridized carbons (Fsp3) is 0.286. The maximum atomic E-state index is 11.1. The lowest BCUT2D eigenvalue weighted by Gasteiger charge is -2.13. The van der Waals surface area contributed by atoms with Crippen molar-refractivity contribution in [2.75, 3.05) is 0 Å². The topological polar surface area (TPSA) is 149 Å². The third-order valence-corrected chi connectivity index (χ3v) is 1.76. The van der Waals surface area contributed by atoms with Crippen molar-refractivity contribution in [2.45, 2.75) is 12.2 Å². The van der Waals surface area contributed by atoms with Crippen LogP contribution in [0.2, 0.25) is 0 Å². The minimum absolute atomic E-state index is 0.426. The molecule has 0 aliphatic heterocycles. The molecule has 1 amide bonds. The molecule has 0 radical (unpaired) electrons. The summed E-state index contributed by atoms with van der Waals surface area (Å²) in [5, 5.41) is 22.3. The number of amides is 1. The van der Waals surface area contributed by atoms with E-state index >= 15 is 0 Å². The Labute approximate surface area is 82.3 Å². The largest absolute Gasteiger partial charge is 0.385 e. The van der Waals surface area contributed by atoms with Crippen LogP contribution in [0.25, 0.3) is 0 Å². The summed E-state index contributed by atoms with van der Waals surface area (Å²) in [6.45, 7) is 0. The van der Waals surface area contributed by atoms with Crippen LogP contribution in [0.15, 0.2) is 15.7 Å². The lowest BCUT2D eigenvalue weighted by atomic mass is 10.1. The van der Waals surface area contributed by atoms with E-state index in [0.717, 1.165) is 6.07 Å². The number of nitrogens with two attached hydrogens (primary N) is 1. The van der Waals surface area contributed by atoms with Crippen LogP contribution >= 0.6 is 0 Å². The minimum Gasteiger partial charge on any atom is -0.385 e. The number of carbonyl (C=O) groups excluding carboxylic acids is 1. The Morgan fingerprint density at radius 1 is 1.33 bits per heavy atom. The first kappa shape index (κ1) is 11.1. The predicted octanol–water partition coefficient (Wildman–Crippen LogP) is -3.06. The highest BCUT2D eigenvalue weighted by atomic mass is 16.3. The average molecular weight is 215 g/mol. The van der Waals surface area contributed by atoms with E-state index in [1.54, 1.807) is 0 Å². The van der Waals surface area contributed by atoms with E-state index in [9.17, 15) is 19.5 Å². The summed E-state index contributed by atoms with van der Waals surface area (Å²) >= 11 is 0. The molecule has 0 bridgehead atoms. The first-order chi connectivity index (χ1) is 6.93. The van der Waals surface area contributed by atoms with Crippen LogP contribution in [0.5, 0.6) is 0 Å². The number of hydrogen-bond donors (Lipinski definition) is 5. The molecule has 8 heteroatoms. The second-order valence-corrected chi connectivity index (χ2v) is 2.84. The monoisotopic (exact) mass is 215 g/mol. The van der Waals surface area contributed by atoms with E-state index in [-0.39, 0.29) is 0 Å². The molecule has 82 valence electrons. The summed E-state index contributed by atoms with van der Waals surface area (Å²) in [4.78, 5) is 32.4. The van der Waals surface area contributed by atoms with Gasteiger partial charge in [0.15, 0.2) is 6.10 Å². The van der Waals surface area contributed by atoms with Gasteiger partial charge in [-0.15, -0.1) is 0 Å². The summed E-state index contributed by atoms with van der Waals surface area (Å²) in [5.41, 5.74) is 2.79. The van der Waals surface area contributed by atoms with Crippen LogP contribution in [-0.4, -0.2) is 32.4 Å². The zero-order valence-corrected chi connectivity index (χ0v) is 7.43. The number of hydrogen-bond acceptors (Lipinski definition) is 5. The molecule has 6 N–H and O–H groups in total. The van der Waals surface area contributed by atoms with Gasteiger partial charge in [-0.05, 0) is 0 Å². The van der Waals surface area contributed by atoms with Crippen molar-refractivity contribution in [3.8, 4) is 0 Å². The third kappa shape index (κ3) is 2.30. The molecule has 2 atom stereocenters. The van der Waals surface area contributed by atoms with E-state index in [1.807, 2.05) is 10.2 Å². The third-order valence-electron chi connectivity index (χ3n) is 1.76. The Morgan fingerprint density at radius 2 is 1.93 bits per heavy atom. The van der Waals surface area contributed by atoms with Gasteiger partial charge in [0.1, 0.15) is 6.10 Å². The van der Waals surface area contributed by atoms with Gasteiger partial charge in [-0.2, -0.15) is 0 Å². The van der Waals surface area contributed by atoms with Crippen molar-refractivity contribution >= 4 is 5.91 Å². The Morgan fingerprint density at radius 3 is 2.47 bits per heavy atom. The molecular formula is C7H9N3O5. The van der Waals surface area contributed by atoms with Crippen molar-refractivity contribution in [1.29, 1.82) is 0 Å². The SMILES string of the molecule is NC(=O)C(O)C(O)c1cc(=O)[nH][nH]c1=O. The summed E-state index contributed by atoms with van der Waals surface area (Å²) in [7, 11) is 0. The van der Waals surface area contributed by atoms with Gasteiger partial charge in [-0.25, -0.2) is 0 Å². The molecule has 0 aliphatic carbocycles. The fourth-order valence-electron chi connectivity index (χ4n) is 0.979. The quantitative estimate of drug-likeness (QED) is 0.363. The lowest BCUT2D eigenvalue weighted by Crippen LogP contribution is -2.37. The number of primary amides is 1. The predicted molar refractivity (Wildman–Crippen MR) is 47.8 cm³/mol. The number of aliphatic hydroxyl groups is 2. The van der Waals surface area contributed by atoms with E-state index in [0.29, 0.717) is 0 Å². The van der Waals surface area contributed by atoms with E-state index in [4.69, 9.17) is 10.8 Å². The highest BCUT2D eigenvalue weighted by molar-refractivity contribution is 5.79. The molecule has 15 heavy (non-hydrogen) atoms. The van der Waals surface area contributed by atoms with Crippen molar-refractivity contribution < 1.29 is 15.0 Å². The maximum Gasteiger partial charge on any atom is 0.268 e. The van der Waals surface area contributed by atoms with Crippen molar-refractivity contribution in [2.24, 2.45) is 5.73 Å². The highest BCUT2D eigenvalue weighted by Crippen LogP contribution is 2.10. The zero-order valence-electron chi connectivity index (χ0n) is 7.43. The lowest BCUT2D eigenvalue weighted by molar-refractivity contribution is -0.132. The van der Waals surface area contributed by atoms with Crippen molar-refractivity contribution in [1.82, 2.24) is 10.2 Å². The van der Waals surface area contributed by atoms with E-state index < -0.39 is 34.8 Å². The molecule has 1 heterocycles. The average Bonchev–Trinajstić information content (AvgIpc) is 2.19. The van der Waals surface area contributed by atoms with Gasteiger partial charge in [-0.1, -0.05) is 0 Å². The standard InChI is InChI=1S/C7H9N3O5/c8-6(14)5(13)4(12)2-1-3(11)9-10-7(2)15/h1,4-5,12-13H,(H2,8,14)(H,9,11)(H,10,15). The molecular weight excluding hydrogens is 206 g/mol. The molecule has 2 unspecified atom stereocenters. The van der Waals surface area contributed by atoms with Crippen molar-refractivity contribution in [3.05, 3.63) is 32.3 Å². The van der Waals surface area contributed by atoms with Crippen LogP contribution in [0, 0.1) is 0 Å². The smallest absolute Gasteiger partial charge is 0.268 e. The number of nitrogens with one attached hydrogen (secondary N) is 2. The summed E-state index contributed by atoms with van der Waals surface area (Å²) in [6, 6.07) is 0.773. The van der Waals surface area contributed by atoms with Crippen LogP contribution in [-0.2, 0) is 4.79 Å². The molecule has 0 fully saturated rings. The van der Waals surface area contributed by atoms with E-state index in [2.05, 4.69) is 0 Å². The zero-order chi connectivity index (χ0) is 11.6. The van der Waals surface area contributed by atoms with Crippen LogP contribution < -0.4 is 16.9 Å². The highest BCUT2D eigenvalue weighted by Gasteiger charge is 2.25. The van der Waals surface area contributed by atoms with Gasteiger partial charge in [-0.3, -0.25) is 24.6 Å². The van der Waals surface area contributed by atoms with Crippen LogP contribution in [0.1, 0.15) is 11.7 Å². The number of aliphatic hydroxyl groups excluding tert-OH is 2. The summed E-state index contributed by atoms with van der Waals surface area (Å²) in [6.07, 6.45) is -3.76. The second-order valence-electron chi connectivity index (χ2n) is 2.84. The van der Waals surface area contributed by atoms with Gasteiger partial charge < -0.3 is 15.9 Å². The molecule has 1 aromatic heterocycles. The molecule has 0 aromatic carbocycles. The van der Waals surface area contributed by atoms with Crippen molar-refractivity contribution in [3.63, 3.8) is 0 Å². The van der Waals surface area contributed by atoms with Gasteiger partial charge in [0.05, 0.1) is 5.56 Å². The first-order valence-electron chi connectivity index (χ1n) is 3.91. The fourth-order valence-corrected chi connectivity index (χ4v) is 0.979. The number of rotatable bonds is 3. The molecule has 0 saturated carbocycles. The number of aromatic nitrogens is 2. The number of aromatic amines is 2. The van der Waals surface area contributed by atoms with Crippen LogP contribution in [0.3, 0.4) is 0 Å².